The zero-order valence-corrected chi connectivity index (χ0v) is 11.2. The molecule has 3 unspecified atom stereocenters. The Morgan fingerprint density at radius 3 is 2.78 bits per heavy atom. The Morgan fingerprint density at radius 1 is 1.39 bits per heavy atom. The average Bonchev–Trinajstić information content (AvgIpc) is 2.40. The summed E-state index contributed by atoms with van der Waals surface area (Å²) in [6.45, 7) is 6.64. The van der Waals surface area contributed by atoms with Gasteiger partial charge in [-0.3, -0.25) is 4.90 Å². The summed E-state index contributed by atoms with van der Waals surface area (Å²) in [4.78, 5) is 2.35. The van der Waals surface area contributed by atoms with Crippen LogP contribution in [0.15, 0.2) is 30.3 Å². The van der Waals surface area contributed by atoms with Crippen molar-refractivity contribution in [3.63, 3.8) is 0 Å². The van der Waals surface area contributed by atoms with Crippen LogP contribution in [0.1, 0.15) is 31.9 Å². The molecule has 1 saturated heterocycles. The molecule has 0 amide bonds. The van der Waals surface area contributed by atoms with Gasteiger partial charge in [-0.1, -0.05) is 37.3 Å². The van der Waals surface area contributed by atoms with E-state index in [0.717, 1.165) is 25.1 Å². The monoisotopic (exact) mass is 249 g/mol. The van der Waals surface area contributed by atoms with E-state index in [-0.39, 0.29) is 6.10 Å². The fourth-order valence-electron chi connectivity index (χ4n) is 2.52. The molecule has 0 bridgehead atoms. The summed E-state index contributed by atoms with van der Waals surface area (Å²) >= 11 is 0. The summed E-state index contributed by atoms with van der Waals surface area (Å²) in [5.74, 6) is 0. The van der Waals surface area contributed by atoms with Crippen LogP contribution in [0.25, 0.3) is 0 Å². The topological polar surface area (TPSA) is 32.7 Å². The van der Waals surface area contributed by atoms with Gasteiger partial charge in [0.25, 0.3) is 0 Å². The minimum absolute atomic E-state index is 0.260. The molecule has 3 nitrogen and oxygen atoms in total. The number of hydrogen-bond donors (Lipinski definition) is 1. The summed E-state index contributed by atoms with van der Waals surface area (Å²) in [5.41, 5.74) is 0.992. The highest BCUT2D eigenvalue weighted by Crippen LogP contribution is 2.20. The van der Waals surface area contributed by atoms with Crippen molar-refractivity contribution < 1.29 is 9.84 Å². The van der Waals surface area contributed by atoms with Crippen molar-refractivity contribution in [1.29, 1.82) is 0 Å². The van der Waals surface area contributed by atoms with Gasteiger partial charge in [-0.05, 0) is 18.9 Å². The van der Waals surface area contributed by atoms with E-state index in [1.54, 1.807) is 0 Å². The molecule has 1 fully saturated rings. The predicted octanol–water partition coefficient (Wildman–Crippen LogP) is 2.22. The molecule has 1 aliphatic rings. The molecule has 1 aromatic rings. The zero-order chi connectivity index (χ0) is 13.0. The van der Waals surface area contributed by atoms with Crippen molar-refractivity contribution >= 4 is 0 Å². The Hall–Kier alpha value is -0.900. The first-order valence-corrected chi connectivity index (χ1v) is 6.79. The molecule has 0 aromatic heterocycles. The van der Waals surface area contributed by atoms with Gasteiger partial charge < -0.3 is 9.84 Å². The minimum Gasteiger partial charge on any atom is -0.387 e. The van der Waals surface area contributed by atoms with Gasteiger partial charge in [0.1, 0.15) is 0 Å². The van der Waals surface area contributed by atoms with Gasteiger partial charge in [0.15, 0.2) is 0 Å². The lowest BCUT2D eigenvalue weighted by Gasteiger charge is -2.39. The van der Waals surface area contributed by atoms with Crippen LogP contribution in [0.3, 0.4) is 0 Å². The number of morpholine rings is 1. The first-order valence-electron chi connectivity index (χ1n) is 6.79. The molecule has 0 radical (unpaired) electrons. The predicted molar refractivity (Wildman–Crippen MR) is 72.5 cm³/mol. The number of β-amino-alcohol motifs (C(OH)–C–C–N with tert-alkyl or cyclic N) is 1. The van der Waals surface area contributed by atoms with Crippen molar-refractivity contribution in [3.05, 3.63) is 35.9 Å². The standard InChI is InChI=1S/C15H23NO2/c1-3-14-11-18-12(2)9-16(14)10-15(17)13-7-5-4-6-8-13/h4-8,12,14-15,17H,3,9-11H2,1-2H3. The van der Waals surface area contributed by atoms with E-state index in [1.807, 2.05) is 30.3 Å². The lowest BCUT2D eigenvalue weighted by molar-refractivity contribution is -0.0681. The van der Waals surface area contributed by atoms with Gasteiger partial charge in [-0.2, -0.15) is 0 Å². The molecule has 18 heavy (non-hydrogen) atoms. The molecule has 3 heteroatoms. The summed E-state index contributed by atoms with van der Waals surface area (Å²) in [6.07, 6.45) is 0.912. The number of rotatable bonds is 4. The summed E-state index contributed by atoms with van der Waals surface area (Å²) in [7, 11) is 0. The molecule has 100 valence electrons. The second-order valence-electron chi connectivity index (χ2n) is 5.09. The van der Waals surface area contributed by atoms with Gasteiger partial charge >= 0.3 is 0 Å². The average molecular weight is 249 g/mol. The van der Waals surface area contributed by atoms with E-state index >= 15 is 0 Å². The fraction of sp³-hybridized carbons (Fsp3) is 0.600. The number of ether oxygens (including phenoxy) is 1. The molecule has 3 atom stereocenters. The van der Waals surface area contributed by atoms with Crippen LogP contribution >= 0.6 is 0 Å². The first-order chi connectivity index (χ1) is 8.70. The maximum atomic E-state index is 10.3. The lowest BCUT2D eigenvalue weighted by Crippen LogP contribution is -2.49. The van der Waals surface area contributed by atoms with E-state index in [4.69, 9.17) is 4.74 Å². The highest BCUT2D eigenvalue weighted by atomic mass is 16.5. The molecular formula is C15H23NO2. The molecule has 0 spiro atoms. The summed E-state index contributed by atoms with van der Waals surface area (Å²) < 4.78 is 5.68. The third-order valence-electron chi connectivity index (χ3n) is 3.64. The van der Waals surface area contributed by atoms with Crippen LogP contribution in [0.5, 0.6) is 0 Å². The van der Waals surface area contributed by atoms with Crippen molar-refractivity contribution in [2.75, 3.05) is 19.7 Å². The zero-order valence-electron chi connectivity index (χ0n) is 11.2. The molecule has 1 N–H and O–H groups in total. The third kappa shape index (κ3) is 3.31. The van der Waals surface area contributed by atoms with E-state index in [0.29, 0.717) is 12.6 Å². The highest BCUT2D eigenvalue weighted by molar-refractivity contribution is 5.17. The second-order valence-corrected chi connectivity index (χ2v) is 5.09. The molecular weight excluding hydrogens is 226 g/mol. The van der Waals surface area contributed by atoms with Gasteiger partial charge in [0.2, 0.25) is 0 Å². The Kier molecular flexibility index (Phi) is 4.75. The Bertz CT molecular complexity index is 355. The van der Waals surface area contributed by atoms with Crippen LogP contribution in [-0.4, -0.2) is 41.8 Å². The first kappa shape index (κ1) is 13.5. The van der Waals surface area contributed by atoms with Crippen LogP contribution in [-0.2, 0) is 4.74 Å². The SMILES string of the molecule is CCC1COC(C)CN1CC(O)c1ccccc1. The third-order valence-corrected chi connectivity index (χ3v) is 3.64. The number of hydrogen-bond acceptors (Lipinski definition) is 3. The van der Waals surface area contributed by atoms with Crippen LogP contribution in [0, 0.1) is 0 Å². The van der Waals surface area contributed by atoms with E-state index < -0.39 is 6.10 Å². The number of aliphatic hydroxyl groups excluding tert-OH is 1. The number of benzene rings is 1. The maximum absolute atomic E-state index is 10.3. The maximum Gasteiger partial charge on any atom is 0.0917 e. The van der Waals surface area contributed by atoms with Crippen molar-refractivity contribution in [2.24, 2.45) is 0 Å². The van der Waals surface area contributed by atoms with Gasteiger partial charge in [-0.25, -0.2) is 0 Å². The Labute approximate surface area is 109 Å². The molecule has 0 saturated carbocycles. The van der Waals surface area contributed by atoms with Crippen molar-refractivity contribution in [3.8, 4) is 0 Å². The number of aliphatic hydroxyl groups is 1. The quantitative estimate of drug-likeness (QED) is 0.888. The number of nitrogens with zero attached hydrogens (tertiary/aromatic N) is 1. The minimum atomic E-state index is -0.412. The second kappa shape index (κ2) is 6.32. The summed E-state index contributed by atoms with van der Waals surface area (Å²) in [6, 6.07) is 10.3. The van der Waals surface area contributed by atoms with Gasteiger partial charge in [0, 0.05) is 19.1 Å². The highest BCUT2D eigenvalue weighted by Gasteiger charge is 2.27. The molecule has 2 rings (SSSR count). The van der Waals surface area contributed by atoms with E-state index in [9.17, 15) is 5.11 Å². The lowest BCUT2D eigenvalue weighted by atomic mass is 10.1. The van der Waals surface area contributed by atoms with Gasteiger partial charge in [0.05, 0.1) is 18.8 Å². The van der Waals surface area contributed by atoms with Crippen molar-refractivity contribution in [1.82, 2.24) is 4.90 Å². The fourth-order valence-corrected chi connectivity index (χ4v) is 2.52. The van der Waals surface area contributed by atoms with E-state index in [1.165, 1.54) is 0 Å². The molecule has 1 heterocycles. The van der Waals surface area contributed by atoms with Crippen LogP contribution in [0.2, 0.25) is 0 Å². The Balaban J connectivity index is 1.98. The largest absolute Gasteiger partial charge is 0.387 e. The molecule has 1 aliphatic heterocycles. The van der Waals surface area contributed by atoms with Crippen molar-refractivity contribution in [2.45, 2.75) is 38.5 Å². The van der Waals surface area contributed by atoms with Crippen LogP contribution in [0.4, 0.5) is 0 Å². The summed E-state index contributed by atoms with van der Waals surface area (Å²) in [5, 5.41) is 10.3. The van der Waals surface area contributed by atoms with E-state index in [2.05, 4.69) is 18.7 Å². The molecule has 0 aliphatic carbocycles. The van der Waals surface area contributed by atoms with Gasteiger partial charge in [-0.15, -0.1) is 0 Å². The smallest absolute Gasteiger partial charge is 0.0917 e. The molecule has 1 aromatic carbocycles. The normalized spacial score (nSPS) is 27.1. The Morgan fingerprint density at radius 2 is 2.11 bits per heavy atom. The van der Waals surface area contributed by atoms with Crippen LogP contribution < -0.4 is 0 Å².